The molecule has 1 saturated heterocycles. The first-order valence-electron chi connectivity index (χ1n) is 8.37. The zero-order chi connectivity index (χ0) is 16.7. The summed E-state index contributed by atoms with van der Waals surface area (Å²) in [6.07, 6.45) is 3.98. The number of halogens is 1. The molecule has 0 amide bonds. The average Bonchev–Trinajstić information content (AvgIpc) is 3.23. The summed E-state index contributed by atoms with van der Waals surface area (Å²) in [4.78, 5) is 7.03. The Kier molecular flexibility index (Phi) is 4.11. The lowest BCUT2D eigenvalue weighted by Gasteiger charge is -2.35. The van der Waals surface area contributed by atoms with Gasteiger partial charge >= 0.3 is 0 Å². The van der Waals surface area contributed by atoms with E-state index in [0.29, 0.717) is 18.4 Å². The van der Waals surface area contributed by atoms with Gasteiger partial charge < -0.3 is 9.64 Å². The fourth-order valence-corrected chi connectivity index (χ4v) is 5.01. The monoisotopic (exact) mass is 362 g/mol. The van der Waals surface area contributed by atoms with Crippen LogP contribution in [0.2, 0.25) is 5.15 Å². The van der Waals surface area contributed by atoms with Crippen molar-refractivity contribution < 1.29 is 4.74 Å². The minimum Gasteiger partial charge on any atom is -0.377 e. The van der Waals surface area contributed by atoms with Crippen LogP contribution in [0.1, 0.15) is 38.2 Å². The molecule has 2 fully saturated rings. The zero-order valence-electron chi connectivity index (χ0n) is 13.6. The highest BCUT2D eigenvalue weighted by atomic mass is 35.5. The lowest BCUT2D eigenvalue weighted by Crippen LogP contribution is -2.44. The maximum absolute atomic E-state index is 9.94. The highest BCUT2D eigenvalue weighted by molar-refractivity contribution is 7.14. The molecule has 2 aliphatic rings. The van der Waals surface area contributed by atoms with E-state index in [-0.39, 0.29) is 6.04 Å². The molecule has 1 saturated carbocycles. The van der Waals surface area contributed by atoms with Crippen molar-refractivity contribution in [1.29, 1.82) is 5.26 Å². The topological polar surface area (TPSA) is 62.0 Å². The van der Waals surface area contributed by atoms with Crippen LogP contribution in [0.25, 0.3) is 10.2 Å². The van der Waals surface area contributed by atoms with Crippen molar-refractivity contribution in [3.63, 3.8) is 0 Å². The lowest BCUT2D eigenvalue weighted by atomic mass is 9.80. The van der Waals surface area contributed by atoms with Gasteiger partial charge in [-0.2, -0.15) is 9.64 Å². The van der Waals surface area contributed by atoms with Crippen molar-refractivity contribution in [2.24, 2.45) is 0 Å². The molecule has 0 bridgehead atoms. The lowest BCUT2D eigenvalue weighted by molar-refractivity contribution is 0.0985. The highest BCUT2D eigenvalue weighted by Crippen LogP contribution is 2.46. The Hall–Kier alpha value is -1.42. The van der Waals surface area contributed by atoms with Crippen LogP contribution in [-0.2, 0) is 10.2 Å². The molecule has 2 aromatic rings. The molecular formula is C17H19ClN4OS. The van der Waals surface area contributed by atoms with Crippen LogP contribution < -0.4 is 4.90 Å². The van der Waals surface area contributed by atoms with Crippen LogP contribution in [0.3, 0.4) is 0 Å². The van der Waals surface area contributed by atoms with Gasteiger partial charge in [0.25, 0.3) is 0 Å². The van der Waals surface area contributed by atoms with Gasteiger partial charge in [0.1, 0.15) is 11.3 Å². The molecular weight excluding hydrogens is 344 g/mol. The Morgan fingerprint density at radius 2 is 2.25 bits per heavy atom. The van der Waals surface area contributed by atoms with Gasteiger partial charge in [-0.25, -0.2) is 4.98 Å². The summed E-state index contributed by atoms with van der Waals surface area (Å²) >= 11 is 7.66. The standard InChI is InChI=1S/C17H19ClN4OS/c1-11-9-23-7-6-22(11)13-8-12(17(10-19)4-2-3-5-17)15-14(20-13)16(18)21-24-15/h8,11H,2-7,9H2,1H3/t11-/m1/s1. The van der Waals surface area contributed by atoms with Gasteiger partial charge in [-0.1, -0.05) is 24.4 Å². The number of fused-ring (bicyclic) bond motifs is 1. The van der Waals surface area contributed by atoms with Gasteiger partial charge in [0.15, 0.2) is 5.15 Å². The fourth-order valence-electron chi connectivity index (χ4n) is 3.87. The van der Waals surface area contributed by atoms with Gasteiger partial charge in [-0.15, -0.1) is 0 Å². The third kappa shape index (κ3) is 2.46. The number of morpholine rings is 1. The third-order valence-corrected chi connectivity index (χ3v) is 6.45. The van der Waals surface area contributed by atoms with E-state index in [0.717, 1.165) is 53.8 Å². The largest absolute Gasteiger partial charge is 0.377 e. The summed E-state index contributed by atoms with van der Waals surface area (Å²) in [6.45, 7) is 4.31. The van der Waals surface area contributed by atoms with Crippen LogP contribution in [-0.4, -0.2) is 35.2 Å². The fraction of sp³-hybridized carbons (Fsp3) is 0.588. The van der Waals surface area contributed by atoms with Crippen LogP contribution in [0.5, 0.6) is 0 Å². The molecule has 0 unspecified atom stereocenters. The van der Waals surface area contributed by atoms with Crippen molar-refractivity contribution in [2.45, 2.75) is 44.1 Å². The first kappa shape index (κ1) is 16.1. The Morgan fingerprint density at radius 1 is 1.46 bits per heavy atom. The molecule has 1 atom stereocenters. The quantitative estimate of drug-likeness (QED) is 0.810. The Morgan fingerprint density at radius 3 is 2.96 bits per heavy atom. The normalized spacial score (nSPS) is 23.5. The summed E-state index contributed by atoms with van der Waals surface area (Å²) in [7, 11) is 0. The number of nitriles is 1. The van der Waals surface area contributed by atoms with Crippen molar-refractivity contribution in [3.05, 3.63) is 16.8 Å². The molecule has 0 aromatic carbocycles. The predicted molar refractivity (Wildman–Crippen MR) is 95.8 cm³/mol. The van der Waals surface area contributed by atoms with Crippen molar-refractivity contribution in [3.8, 4) is 6.07 Å². The molecule has 4 rings (SSSR count). The molecule has 0 radical (unpaired) electrons. The highest BCUT2D eigenvalue weighted by Gasteiger charge is 2.39. The van der Waals surface area contributed by atoms with Crippen molar-refractivity contribution in [1.82, 2.24) is 9.36 Å². The Bertz CT molecular complexity index is 809. The number of hydrogen-bond acceptors (Lipinski definition) is 6. The first-order valence-corrected chi connectivity index (χ1v) is 9.52. The maximum Gasteiger partial charge on any atom is 0.169 e. The van der Waals surface area contributed by atoms with E-state index in [1.54, 1.807) is 0 Å². The van der Waals surface area contributed by atoms with E-state index in [1.165, 1.54) is 11.5 Å². The Balaban J connectivity index is 1.91. The van der Waals surface area contributed by atoms with E-state index < -0.39 is 5.41 Å². The minimum atomic E-state index is -0.429. The smallest absolute Gasteiger partial charge is 0.169 e. The summed E-state index contributed by atoms with van der Waals surface area (Å²) in [6, 6.07) is 4.96. The molecule has 24 heavy (non-hydrogen) atoms. The van der Waals surface area contributed by atoms with E-state index in [4.69, 9.17) is 21.3 Å². The zero-order valence-corrected chi connectivity index (χ0v) is 15.2. The molecule has 7 heteroatoms. The van der Waals surface area contributed by atoms with Gasteiger partial charge in [-0.05, 0) is 42.9 Å². The molecule has 2 aromatic heterocycles. The summed E-state index contributed by atoms with van der Waals surface area (Å²) in [5.74, 6) is 0.886. The molecule has 5 nitrogen and oxygen atoms in total. The number of pyridine rings is 1. The van der Waals surface area contributed by atoms with Crippen LogP contribution in [0.4, 0.5) is 5.82 Å². The van der Waals surface area contributed by atoms with Gasteiger partial charge in [-0.3, -0.25) is 0 Å². The minimum absolute atomic E-state index is 0.253. The second kappa shape index (κ2) is 6.14. The Labute approximate surface area is 150 Å². The SMILES string of the molecule is C[C@@H]1COCCN1c1cc(C2(C#N)CCCC2)c2snc(Cl)c2n1. The number of anilines is 1. The molecule has 0 spiro atoms. The van der Waals surface area contributed by atoms with Crippen molar-refractivity contribution in [2.75, 3.05) is 24.7 Å². The summed E-state index contributed by atoms with van der Waals surface area (Å²) in [5.41, 5.74) is 1.36. The summed E-state index contributed by atoms with van der Waals surface area (Å²) < 4.78 is 10.8. The second-order valence-corrected chi connectivity index (χ2v) is 7.83. The van der Waals surface area contributed by atoms with Crippen LogP contribution in [0, 0.1) is 11.3 Å². The van der Waals surface area contributed by atoms with Gasteiger partial charge in [0, 0.05) is 6.54 Å². The van der Waals surface area contributed by atoms with Gasteiger partial charge in [0.05, 0.1) is 35.4 Å². The van der Waals surface area contributed by atoms with E-state index >= 15 is 0 Å². The third-order valence-electron chi connectivity index (χ3n) is 5.22. The predicted octanol–water partition coefficient (Wildman–Crippen LogP) is 3.91. The van der Waals surface area contributed by atoms with E-state index in [2.05, 4.69) is 28.3 Å². The second-order valence-electron chi connectivity index (χ2n) is 6.70. The van der Waals surface area contributed by atoms with E-state index in [1.807, 2.05) is 0 Å². The summed E-state index contributed by atoms with van der Waals surface area (Å²) in [5, 5.41) is 10.4. The van der Waals surface area contributed by atoms with Gasteiger partial charge in [0.2, 0.25) is 0 Å². The van der Waals surface area contributed by atoms with Crippen LogP contribution >= 0.6 is 23.1 Å². The number of hydrogen-bond donors (Lipinski definition) is 0. The van der Waals surface area contributed by atoms with Crippen LogP contribution in [0.15, 0.2) is 6.07 Å². The molecule has 0 N–H and O–H groups in total. The first-order chi connectivity index (χ1) is 11.6. The average molecular weight is 363 g/mol. The number of rotatable bonds is 2. The molecule has 3 heterocycles. The van der Waals surface area contributed by atoms with E-state index in [9.17, 15) is 5.26 Å². The molecule has 1 aliphatic carbocycles. The number of nitrogens with zero attached hydrogens (tertiary/aromatic N) is 4. The molecule has 1 aliphatic heterocycles. The maximum atomic E-state index is 9.94. The van der Waals surface area contributed by atoms with Crippen molar-refractivity contribution >= 4 is 39.2 Å². The number of aromatic nitrogens is 2. The molecule has 126 valence electrons. The number of ether oxygens (including phenoxy) is 1.